The van der Waals surface area contributed by atoms with Gasteiger partial charge in [-0.3, -0.25) is 14.4 Å². The van der Waals surface area contributed by atoms with E-state index in [0.29, 0.717) is 29.2 Å². The second kappa shape index (κ2) is 7.75. The number of anilines is 2. The molecule has 31 heavy (non-hydrogen) atoms. The van der Waals surface area contributed by atoms with Crippen LogP contribution in [-0.4, -0.2) is 28.8 Å². The highest BCUT2D eigenvalue weighted by molar-refractivity contribution is 6.10. The van der Waals surface area contributed by atoms with Gasteiger partial charge in [-0.05, 0) is 49.8 Å². The van der Waals surface area contributed by atoms with Crippen LogP contribution in [0.4, 0.5) is 11.4 Å². The average Bonchev–Trinajstić information content (AvgIpc) is 3.18. The van der Waals surface area contributed by atoms with E-state index < -0.39 is 0 Å². The molecule has 158 valence electrons. The van der Waals surface area contributed by atoms with Crippen LogP contribution in [0.15, 0.2) is 61.2 Å². The molecular weight excluding hydrogens is 392 g/mol. The first-order chi connectivity index (χ1) is 14.9. The SMILES string of the molecule is C=CC(=O)Nc1ccccc1NC(=O)c1ccc2cc3n(c2c1)C(C)(CC)CNC3=O. The van der Waals surface area contributed by atoms with E-state index in [0.717, 1.165) is 17.3 Å². The summed E-state index contributed by atoms with van der Waals surface area (Å²) in [6, 6.07) is 14.2. The molecule has 0 saturated heterocycles. The van der Waals surface area contributed by atoms with Crippen LogP contribution >= 0.6 is 0 Å². The number of nitrogens with one attached hydrogen (secondary N) is 3. The van der Waals surface area contributed by atoms with Crippen LogP contribution in [0.5, 0.6) is 0 Å². The number of carbonyl (C=O) groups excluding carboxylic acids is 3. The van der Waals surface area contributed by atoms with E-state index in [2.05, 4.69) is 36.4 Å². The molecule has 2 aromatic carbocycles. The zero-order valence-electron chi connectivity index (χ0n) is 17.5. The third-order valence-electron chi connectivity index (χ3n) is 5.85. The molecule has 0 fully saturated rings. The number of hydrogen-bond acceptors (Lipinski definition) is 3. The van der Waals surface area contributed by atoms with Crippen molar-refractivity contribution in [3.05, 3.63) is 72.4 Å². The quantitative estimate of drug-likeness (QED) is 0.551. The van der Waals surface area contributed by atoms with E-state index in [1.807, 2.05) is 22.8 Å². The van der Waals surface area contributed by atoms with E-state index in [-0.39, 0.29) is 23.3 Å². The predicted molar refractivity (Wildman–Crippen MR) is 121 cm³/mol. The molecule has 3 aromatic rings. The van der Waals surface area contributed by atoms with Crippen molar-refractivity contribution in [2.45, 2.75) is 25.8 Å². The molecule has 1 unspecified atom stereocenters. The van der Waals surface area contributed by atoms with Crippen molar-refractivity contribution in [2.75, 3.05) is 17.2 Å². The molecule has 1 atom stereocenters. The van der Waals surface area contributed by atoms with Gasteiger partial charge in [-0.1, -0.05) is 31.7 Å². The molecule has 7 nitrogen and oxygen atoms in total. The third kappa shape index (κ3) is 3.59. The molecule has 3 N–H and O–H groups in total. The molecule has 0 radical (unpaired) electrons. The number of fused-ring (bicyclic) bond motifs is 3. The Morgan fingerprint density at radius 2 is 1.87 bits per heavy atom. The van der Waals surface area contributed by atoms with E-state index in [4.69, 9.17) is 0 Å². The van der Waals surface area contributed by atoms with E-state index in [1.54, 1.807) is 30.3 Å². The van der Waals surface area contributed by atoms with E-state index in [1.165, 1.54) is 6.08 Å². The fourth-order valence-electron chi connectivity index (χ4n) is 3.89. The van der Waals surface area contributed by atoms with Crippen molar-refractivity contribution in [1.82, 2.24) is 9.88 Å². The Morgan fingerprint density at radius 3 is 2.55 bits per heavy atom. The highest BCUT2D eigenvalue weighted by atomic mass is 16.2. The van der Waals surface area contributed by atoms with Crippen molar-refractivity contribution in [2.24, 2.45) is 0 Å². The normalized spacial score (nSPS) is 17.5. The number of benzene rings is 2. The molecule has 2 heterocycles. The van der Waals surface area contributed by atoms with Gasteiger partial charge in [0.15, 0.2) is 0 Å². The summed E-state index contributed by atoms with van der Waals surface area (Å²) in [5, 5.41) is 9.41. The summed E-state index contributed by atoms with van der Waals surface area (Å²) in [4.78, 5) is 37.1. The Balaban J connectivity index is 1.71. The minimum atomic E-state index is -0.361. The standard InChI is InChI=1S/C24H24N4O3/c1-4-21(29)26-17-8-6-7-9-18(17)27-22(30)16-11-10-15-12-20-23(31)25-14-24(3,5-2)28(20)19(15)13-16/h4,6-13H,1,5,14H2,2-3H3,(H,25,31)(H,26,29)(H,27,30). The molecule has 0 spiro atoms. The molecule has 1 aliphatic rings. The van der Waals surface area contributed by atoms with Crippen molar-refractivity contribution >= 4 is 40.0 Å². The third-order valence-corrected chi connectivity index (χ3v) is 5.85. The molecule has 4 rings (SSSR count). The van der Waals surface area contributed by atoms with Crippen LogP contribution in [0, 0.1) is 0 Å². The van der Waals surface area contributed by atoms with Gasteiger partial charge in [-0.2, -0.15) is 0 Å². The number of aromatic nitrogens is 1. The Labute approximate surface area is 180 Å². The topological polar surface area (TPSA) is 92.2 Å². The first-order valence-corrected chi connectivity index (χ1v) is 10.1. The summed E-state index contributed by atoms with van der Waals surface area (Å²) in [7, 11) is 0. The molecule has 0 saturated carbocycles. The Bertz CT molecular complexity index is 1230. The average molecular weight is 416 g/mol. The maximum absolute atomic E-state index is 13.0. The van der Waals surface area contributed by atoms with Crippen molar-refractivity contribution in [3.8, 4) is 0 Å². The predicted octanol–water partition coefficient (Wildman–Crippen LogP) is 3.89. The van der Waals surface area contributed by atoms with Gasteiger partial charge < -0.3 is 20.5 Å². The number of carbonyl (C=O) groups is 3. The Hall–Kier alpha value is -3.87. The zero-order chi connectivity index (χ0) is 22.2. The highest BCUT2D eigenvalue weighted by Crippen LogP contribution is 2.33. The lowest BCUT2D eigenvalue weighted by atomic mass is 9.95. The maximum Gasteiger partial charge on any atom is 0.268 e. The zero-order valence-corrected chi connectivity index (χ0v) is 17.5. The maximum atomic E-state index is 13.0. The monoisotopic (exact) mass is 416 g/mol. The van der Waals surface area contributed by atoms with Crippen LogP contribution in [0.2, 0.25) is 0 Å². The molecule has 7 heteroatoms. The Morgan fingerprint density at radius 1 is 1.16 bits per heavy atom. The summed E-state index contributed by atoms with van der Waals surface area (Å²) in [5.41, 5.74) is 2.59. The molecule has 3 amide bonds. The number of rotatable bonds is 5. The van der Waals surface area contributed by atoms with Crippen LogP contribution in [0.25, 0.3) is 10.9 Å². The number of amides is 3. The second-order valence-electron chi connectivity index (χ2n) is 7.86. The lowest BCUT2D eigenvalue weighted by molar-refractivity contribution is -0.111. The molecule has 1 aliphatic heterocycles. The fraction of sp³-hybridized carbons (Fsp3) is 0.208. The summed E-state index contributed by atoms with van der Waals surface area (Å²) >= 11 is 0. The van der Waals surface area contributed by atoms with Crippen LogP contribution in [-0.2, 0) is 10.3 Å². The van der Waals surface area contributed by atoms with Gasteiger partial charge in [-0.25, -0.2) is 0 Å². The molecule has 0 aliphatic carbocycles. The van der Waals surface area contributed by atoms with Gasteiger partial charge in [0.2, 0.25) is 5.91 Å². The number of hydrogen-bond donors (Lipinski definition) is 3. The van der Waals surface area contributed by atoms with Gasteiger partial charge in [0.1, 0.15) is 5.69 Å². The van der Waals surface area contributed by atoms with E-state index in [9.17, 15) is 14.4 Å². The summed E-state index contributed by atoms with van der Waals surface area (Å²) in [6.07, 6.45) is 2.00. The summed E-state index contributed by atoms with van der Waals surface area (Å²) in [6.45, 7) is 8.16. The minimum absolute atomic E-state index is 0.111. The van der Waals surface area contributed by atoms with E-state index >= 15 is 0 Å². The molecule has 0 bridgehead atoms. The number of nitrogens with zero attached hydrogens (tertiary/aromatic N) is 1. The van der Waals surface area contributed by atoms with Gasteiger partial charge >= 0.3 is 0 Å². The minimum Gasteiger partial charge on any atom is -0.348 e. The smallest absolute Gasteiger partial charge is 0.268 e. The summed E-state index contributed by atoms with van der Waals surface area (Å²) < 4.78 is 2.04. The van der Waals surface area contributed by atoms with Crippen molar-refractivity contribution in [1.29, 1.82) is 0 Å². The highest BCUT2D eigenvalue weighted by Gasteiger charge is 2.35. The fourth-order valence-corrected chi connectivity index (χ4v) is 3.89. The first kappa shape index (κ1) is 20.4. The van der Waals surface area contributed by atoms with Gasteiger partial charge in [-0.15, -0.1) is 0 Å². The van der Waals surface area contributed by atoms with Crippen molar-refractivity contribution < 1.29 is 14.4 Å². The van der Waals surface area contributed by atoms with Crippen LogP contribution in [0.1, 0.15) is 41.1 Å². The lowest BCUT2D eigenvalue weighted by Gasteiger charge is -2.37. The summed E-state index contributed by atoms with van der Waals surface area (Å²) in [5.74, 6) is -0.781. The van der Waals surface area contributed by atoms with Gasteiger partial charge in [0, 0.05) is 17.5 Å². The first-order valence-electron chi connectivity index (χ1n) is 10.1. The van der Waals surface area contributed by atoms with Crippen LogP contribution < -0.4 is 16.0 Å². The van der Waals surface area contributed by atoms with Crippen molar-refractivity contribution in [3.63, 3.8) is 0 Å². The van der Waals surface area contributed by atoms with Crippen LogP contribution in [0.3, 0.4) is 0 Å². The molecule has 1 aromatic heterocycles. The molecular formula is C24H24N4O3. The van der Waals surface area contributed by atoms with Gasteiger partial charge in [0.05, 0.1) is 22.4 Å². The van der Waals surface area contributed by atoms with Gasteiger partial charge in [0.25, 0.3) is 11.8 Å². The number of para-hydroxylation sites is 2. The lowest BCUT2D eigenvalue weighted by Crippen LogP contribution is -2.49. The largest absolute Gasteiger partial charge is 0.348 e. The second-order valence-corrected chi connectivity index (χ2v) is 7.86. The Kier molecular flexibility index (Phi) is 5.10.